The first kappa shape index (κ1) is 15.0. The Hall–Kier alpha value is -0.380. The average Bonchev–Trinajstić information content (AvgIpc) is 2.41. The van der Waals surface area contributed by atoms with Gasteiger partial charge < -0.3 is 5.73 Å². The Balaban J connectivity index is 2.03. The minimum Gasteiger partial charge on any atom is -0.326 e. The molecule has 0 saturated heterocycles. The van der Waals surface area contributed by atoms with Crippen LogP contribution in [0.2, 0.25) is 0 Å². The minimum absolute atomic E-state index is 0.606. The van der Waals surface area contributed by atoms with Crippen molar-refractivity contribution in [1.82, 2.24) is 4.90 Å². The number of benzene rings is 1. The van der Waals surface area contributed by atoms with E-state index in [9.17, 15) is 0 Å². The Morgan fingerprint density at radius 1 is 1.32 bits per heavy atom. The van der Waals surface area contributed by atoms with Crippen LogP contribution < -0.4 is 5.73 Å². The lowest BCUT2D eigenvalue weighted by atomic mass is 9.85. The van der Waals surface area contributed by atoms with E-state index in [0.29, 0.717) is 6.54 Å². The van der Waals surface area contributed by atoms with Crippen molar-refractivity contribution in [3.05, 3.63) is 33.8 Å². The van der Waals surface area contributed by atoms with Crippen molar-refractivity contribution in [1.29, 1.82) is 0 Å². The second kappa shape index (κ2) is 6.87. The van der Waals surface area contributed by atoms with Gasteiger partial charge in [-0.3, -0.25) is 4.90 Å². The van der Waals surface area contributed by atoms with Crippen LogP contribution in [0, 0.1) is 5.92 Å². The van der Waals surface area contributed by atoms with Crippen molar-refractivity contribution < 1.29 is 0 Å². The summed E-state index contributed by atoms with van der Waals surface area (Å²) in [7, 11) is 2.26. The van der Waals surface area contributed by atoms with Gasteiger partial charge in [0.2, 0.25) is 0 Å². The molecule has 1 aromatic rings. The summed E-state index contributed by atoms with van der Waals surface area (Å²) < 4.78 is 1.19. The third kappa shape index (κ3) is 3.80. The zero-order valence-electron chi connectivity index (χ0n) is 12.0. The first-order valence-electron chi connectivity index (χ1n) is 7.29. The molecule has 106 valence electrons. The van der Waals surface area contributed by atoms with Crippen molar-refractivity contribution in [2.75, 3.05) is 7.05 Å². The third-order valence-corrected chi connectivity index (χ3v) is 5.14. The maximum Gasteiger partial charge on any atom is 0.0244 e. The summed E-state index contributed by atoms with van der Waals surface area (Å²) in [6.45, 7) is 4.02. The van der Waals surface area contributed by atoms with E-state index in [-0.39, 0.29) is 0 Å². The fourth-order valence-electron chi connectivity index (χ4n) is 3.18. The van der Waals surface area contributed by atoms with Crippen LogP contribution in [0.4, 0.5) is 0 Å². The summed E-state index contributed by atoms with van der Waals surface area (Å²) in [5.74, 6) is 0.820. The summed E-state index contributed by atoms with van der Waals surface area (Å²) in [5, 5.41) is 0. The predicted octanol–water partition coefficient (Wildman–Crippen LogP) is 3.92. The highest BCUT2D eigenvalue weighted by Crippen LogP contribution is 2.29. The molecule has 1 aliphatic rings. The summed E-state index contributed by atoms with van der Waals surface area (Å²) in [4.78, 5) is 2.52. The van der Waals surface area contributed by atoms with Crippen LogP contribution in [0.15, 0.2) is 22.7 Å². The van der Waals surface area contributed by atoms with E-state index in [4.69, 9.17) is 5.73 Å². The Morgan fingerprint density at radius 2 is 2.05 bits per heavy atom. The molecule has 0 amide bonds. The second-order valence-electron chi connectivity index (χ2n) is 5.87. The largest absolute Gasteiger partial charge is 0.326 e. The van der Waals surface area contributed by atoms with Crippen LogP contribution in [0.3, 0.4) is 0 Å². The molecule has 2 atom stereocenters. The molecule has 0 heterocycles. The molecule has 0 radical (unpaired) electrons. The van der Waals surface area contributed by atoms with Gasteiger partial charge in [-0.25, -0.2) is 0 Å². The molecule has 1 fully saturated rings. The predicted molar refractivity (Wildman–Crippen MR) is 84.9 cm³/mol. The number of nitrogens with two attached hydrogens (primary N) is 1. The zero-order valence-corrected chi connectivity index (χ0v) is 13.6. The second-order valence-corrected chi connectivity index (χ2v) is 6.73. The smallest absolute Gasteiger partial charge is 0.0244 e. The molecule has 0 bridgehead atoms. The molecule has 2 N–H and O–H groups in total. The molecule has 0 aliphatic heterocycles. The van der Waals surface area contributed by atoms with Crippen molar-refractivity contribution in [3.63, 3.8) is 0 Å². The highest BCUT2D eigenvalue weighted by Gasteiger charge is 2.25. The van der Waals surface area contributed by atoms with Gasteiger partial charge in [0.1, 0.15) is 0 Å². The van der Waals surface area contributed by atoms with Gasteiger partial charge in [-0.1, -0.05) is 47.8 Å². The van der Waals surface area contributed by atoms with Gasteiger partial charge in [-0.05, 0) is 43.0 Å². The summed E-state index contributed by atoms with van der Waals surface area (Å²) in [6, 6.07) is 7.22. The molecular formula is C16H25BrN2. The lowest BCUT2D eigenvalue weighted by Gasteiger charge is -2.36. The minimum atomic E-state index is 0.606. The monoisotopic (exact) mass is 324 g/mol. The van der Waals surface area contributed by atoms with Crippen molar-refractivity contribution in [3.8, 4) is 0 Å². The lowest BCUT2D eigenvalue weighted by molar-refractivity contribution is 0.133. The van der Waals surface area contributed by atoms with Gasteiger partial charge in [0.05, 0.1) is 0 Å². The van der Waals surface area contributed by atoms with Gasteiger partial charge in [0.25, 0.3) is 0 Å². The van der Waals surface area contributed by atoms with Gasteiger partial charge >= 0.3 is 0 Å². The topological polar surface area (TPSA) is 29.3 Å². The van der Waals surface area contributed by atoms with Gasteiger partial charge in [-0.15, -0.1) is 0 Å². The Kier molecular flexibility index (Phi) is 5.43. The van der Waals surface area contributed by atoms with Gasteiger partial charge in [0, 0.05) is 23.6 Å². The lowest BCUT2D eigenvalue weighted by Crippen LogP contribution is -2.38. The van der Waals surface area contributed by atoms with Crippen molar-refractivity contribution in [2.45, 2.75) is 51.7 Å². The van der Waals surface area contributed by atoms with E-state index >= 15 is 0 Å². The fraction of sp³-hybridized carbons (Fsp3) is 0.625. The highest BCUT2D eigenvalue weighted by atomic mass is 79.9. The van der Waals surface area contributed by atoms with E-state index in [1.807, 2.05) is 0 Å². The Labute approximate surface area is 125 Å². The molecule has 0 aromatic heterocycles. The van der Waals surface area contributed by atoms with E-state index in [2.05, 4.69) is 53.0 Å². The molecule has 0 spiro atoms. The maximum atomic E-state index is 5.67. The van der Waals surface area contributed by atoms with E-state index < -0.39 is 0 Å². The third-order valence-electron chi connectivity index (χ3n) is 4.41. The number of rotatable bonds is 4. The Morgan fingerprint density at radius 3 is 2.68 bits per heavy atom. The fourth-order valence-corrected chi connectivity index (χ4v) is 3.74. The number of nitrogens with zero attached hydrogens (tertiary/aromatic N) is 1. The van der Waals surface area contributed by atoms with Crippen LogP contribution in [0.25, 0.3) is 0 Å². The highest BCUT2D eigenvalue weighted by molar-refractivity contribution is 9.10. The number of hydrogen-bond acceptors (Lipinski definition) is 2. The van der Waals surface area contributed by atoms with Gasteiger partial charge in [0.15, 0.2) is 0 Å². The quantitative estimate of drug-likeness (QED) is 0.909. The molecule has 1 aliphatic carbocycles. The van der Waals surface area contributed by atoms with E-state index in [1.54, 1.807) is 0 Å². The average molecular weight is 325 g/mol. The maximum absolute atomic E-state index is 5.67. The number of halogens is 1. The van der Waals surface area contributed by atoms with E-state index in [1.165, 1.54) is 41.3 Å². The SMILES string of the molecule is CC1CCCCC1N(C)Cc1ccc(CN)cc1Br. The molecule has 2 unspecified atom stereocenters. The van der Waals surface area contributed by atoms with Crippen molar-refractivity contribution in [2.24, 2.45) is 11.7 Å². The molecule has 19 heavy (non-hydrogen) atoms. The van der Waals surface area contributed by atoms with Crippen LogP contribution in [0.5, 0.6) is 0 Å². The zero-order chi connectivity index (χ0) is 13.8. The molecule has 1 saturated carbocycles. The summed E-state index contributed by atoms with van der Waals surface area (Å²) >= 11 is 3.67. The van der Waals surface area contributed by atoms with Crippen LogP contribution >= 0.6 is 15.9 Å². The standard InChI is InChI=1S/C16H25BrN2/c1-12-5-3-4-6-16(12)19(2)11-14-8-7-13(10-18)9-15(14)17/h7-9,12,16H,3-6,10-11,18H2,1-2H3. The first-order chi connectivity index (χ1) is 9.11. The number of hydrogen-bond donors (Lipinski definition) is 1. The van der Waals surface area contributed by atoms with Crippen LogP contribution in [0.1, 0.15) is 43.7 Å². The first-order valence-corrected chi connectivity index (χ1v) is 8.08. The summed E-state index contributed by atoms with van der Waals surface area (Å²) in [5.41, 5.74) is 8.22. The van der Waals surface area contributed by atoms with E-state index in [0.717, 1.165) is 18.5 Å². The molecule has 2 nitrogen and oxygen atoms in total. The van der Waals surface area contributed by atoms with Gasteiger partial charge in [-0.2, -0.15) is 0 Å². The Bertz CT molecular complexity index is 419. The molecule has 3 heteroatoms. The molecule has 2 rings (SSSR count). The molecular weight excluding hydrogens is 300 g/mol. The van der Waals surface area contributed by atoms with Crippen LogP contribution in [-0.4, -0.2) is 18.0 Å². The normalized spacial score (nSPS) is 23.8. The van der Waals surface area contributed by atoms with Crippen LogP contribution in [-0.2, 0) is 13.1 Å². The van der Waals surface area contributed by atoms with Crippen molar-refractivity contribution >= 4 is 15.9 Å². The summed E-state index contributed by atoms with van der Waals surface area (Å²) in [6.07, 6.45) is 5.51. The molecule has 1 aromatic carbocycles.